The summed E-state index contributed by atoms with van der Waals surface area (Å²) in [6, 6.07) is 11.2. The molecule has 1 heterocycles. The number of carbonyl (C=O) groups excluding carboxylic acids is 1. The molecule has 1 aliphatic heterocycles. The van der Waals surface area contributed by atoms with Gasteiger partial charge in [0.05, 0.1) is 5.25 Å². The SMILES string of the molecule is C[C@H](Sc1cc(F)ccc1F)C(=O)N1c2ccccc2C[C@@H]1C. The van der Waals surface area contributed by atoms with Crippen molar-refractivity contribution in [2.45, 2.75) is 36.5 Å². The maximum atomic E-state index is 13.8. The molecule has 2 atom stereocenters. The van der Waals surface area contributed by atoms with E-state index >= 15 is 0 Å². The van der Waals surface area contributed by atoms with Crippen LogP contribution in [0.25, 0.3) is 0 Å². The number of halogens is 2. The number of para-hydroxylation sites is 1. The lowest BCUT2D eigenvalue weighted by molar-refractivity contribution is -0.118. The number of amides is 1. The predicted molar refractivity (Wildman–Crippen MR) is 88.8 cm³/mol. The smallest absolute Gasteiger partial charge is 0.240 e. The van der Waals surface area contributed by atoms with Crippen LogP contribution in [0.2, 0.25) is 0 Å². The van der Waals surface area contributed by atoms with E-state index in [1.54, 1.807) is 11.8 Å². The highest BCUT2D eigenvalue weighted by atomic mass is 32.2. The number of nitrogens with zero attached hydrogens (tertiary/aromatic N) is 1. The zero-order chi connectivity index (χ0) is 16.6. The molecule has 5 heteroatoms. The Labute approximate surface area is 138 Å². The standard InChI is InChI=1S/C18H17F2NOS/c1-11-9-13-5-3-4-6-16(13)21(11)18(22)12(2)23-17-10-14(19)7-8-15(17)20/h3-8,10-12H,9H2,1-2H3/t11-,12-/m0/s1. The first-order chi connectivity index (χ1) is 11.0. The molecule has 0 fully saturated rings. The second kappa shape index (κ2) is 6.32. The van der Waals surface area contributed by atoms with Gasteiger partial charge in [-0.1, -0.05) is 18.2 Å². The minimum absolute atomic E-state index is 0.0697. The van der Waals surface area contributed by atoms with E-state index in [0.717, 1.165) is 47.6 Å². The third-order valence-corrected chi connectivity index (χ3v) is 5.11. The van der Waals surface area contributed by atoms with Crippen molar-refractivity contribution in [3.05, 3.63) is 59.7 Å². The molecule has 0 N–H and O–H groups in total. The summed E-state index contributed by atoms with van der Waals surface area (Å²) in [6.07, 6.45) is 0.813. The summed E-state index contributed by atoms with van der Waals surface area (Å²) in [4.78, 5) is 14.7. The van der Waals surface area contributed by atoms with Crippen LogP contribution in [0.15, 0.2) is 47.4 Å². The Balaban J connectivity index is 1.81. The fourth-order valence-electron chi connectivity index (χ4n) is 2.91. The molecule has 0 radical (unpaired) electrons. The van der Waals surface area contributed by atoms with Crippen LogP contribution >= 0.6 is 11.8 Å². The van der Waals surface area contributed by atoms with Gasteiger partial charge >= 0.3 is 0 Å². The molecule has 23 heavy (non-hydrogen) atoms. The van der Waals surface area contributed by atoms with Gasteiger partial charge in [0.1, 0.15) is 11.6 Å². The minimum Gasteiger partial charge on any atom is -0.308 e. The lowest BCUT2D eigenvalue weighted by Gasteiger charge is -2.26. The first-order valence-electron chi connectivity index (χ1n) is 7.50. The van der Waals surface area contributed by atoms with Crippen molar-refractivity contribution in [3.63, 3.8) is 0 Å². The van der Waals surface area contributed by atoms with E-state index in [9.17, 15) is 13.6 Å². The first kappa shape index (κ1) is 16.0. The van der Waals surface area contributed by atoms with Crippen LogP contribution in [-0.2, 0) is 11.2 Å². The average Bonchev–Trinajstić information content (AvgIpc) is 2.86. The molecule has 2 nitrogen and oxygen atoms in total. The van der Waals surface area contributed by atoms with Crippen LogP contribution in [0.5, 0.6) is 0 Å². The number of fused-ring (bicyclic) bond motifs is 1. The van der Waals surface area contributed by atoms with E-state index in [-0.39, 0.29) is 16.8 Å². The van der Waals surface area contributed by atoms with Gasteiger partial charge in [0.2, 0.25) is 5.91 Å². The number of carbonyl (C=O) groups is 1. The van der Waals surface area contributed by atoms with Crippen molar-refractivity contribution in [2.75, 3.05) is 4.90 Å². The van der Waals surface area contributed by atoms with Crippen LogP contribution in [0.3, 0.4) is 0 Å². The normalized spacial score (nSPS) is 17.9. The topological polar surface area (TPSA) is 20.3 Å². The van der Waals surface area contributed by atoms with Crippen LogP contribution < -0.4 is 4.90 Å². The second-order valence-corrected chi connectivity index (χ2v) is 7.11. The number of thioether (sulfide) groups is 1. The van der Waals surface area contributed by atoms with Crippen molar-refractivity contribution >= 4 is 23.4 Å². The Bertz CT molecular complexity index is 750. The van der Waals surface area contributed by atoms with Crippen molar-refractivity contribution in [2.24, 2.45) is 0 Å². The third-order valence-electron chi connectivity index (χ3n) is 3.99. The molecule has 0 aliphatic carbocycles. The molecule has 1 aliphatic rings. The van der Waals surface area contributed by atoms with E-state index < -0.39 is 16.9 Å². The second-order valence-electron chi connectivity index (χ2n) is 5.72. The summed E-state index contributed by atoms with van der Waals surface area (Å²) >= 11 is 1.05. The van der Waals surface area contributed by atoms with Gasteiger partial charge in [0, 0.05) is 16.6 Å². The van der Waals surface area contributed by atoms with Crippen molar-refractivity contribution in [1.29, 1.82) is 0 Å². The molecule has 0 saturated heterocycles. The van der Waals surface area contributed by atoms with Gasteiger partial charge in [-0.3, -0.25) is 4.79 Å². The number of hydrogen-bond donors (Lipinski definition) is 0. The molecular weight excluding hydrogens is 316 g/mol. The Kier molecular flexibility index (Phi) is 4.39. The van der Waals surface area contributed by atoms with Gasteiger partial charge in [-0.25, -0.2) is 8.78 Å². The van der Waals surface area contributed by atoms with E-state index in [1.807, 2.05) is 31.2 Å². The highest BCUT2D eigenvalue weighted by Gasteiger charge is 2.33. The Morgan fingerprint density at radius 2 is 2.00 bits per heavy atom. The third kappa shape index (κ3) is 3.11. The van der Waals surface area contributed by atoms with Gasteiger partial charge in [-0.2, -0.15) is 0 Å². The molecule has 0 saturated carbocycles. The molecule has 2 aromatic rings. The van der Waals surface area contributed by atoms with E-state index in [4.69, 9.17) is 0 Å². The van der Waals surface area contributed by atoms with Crippen LogP contribution in [-0.4, -0.2) is 17.2 Å². The van der Waals surface area contributed by atoms with Crippen molar-refractivity contribution < 1.29 is 13.6 Å². The molecule has 2 aromatic carbocycles. The van der Waals surface area contributed by atoms with Gasteiger partial charge < -0.3 is 4.90 Å². The van der Waals surface area contributed by atoms with E-state index in [1.165, 1.54) is 0 Å². The van der Waals surface area contributed by atoms with Crippen molar-refractivity contribution in [3.8, 4) is 0 Å². The maximum Gasteiger partial charge on any atom is 0.240 e. The fraction of sp³-hybridized carbons (Fsp3) is 0.278. The zero-order valence-corrected chi connectivity index (χ0v) is 13.7. The number of hydrogen-bond acceptors (Lipinski definition) is 2. The Morgan fingerprint density at radius 1 is 1.26 bits per heavy atom. The monoisotopic (exact) mass is 333 g/mol. The summed E-state index contributed by atoms with van der Waals surface area (Å²) in [5.41, 5.74) is 2.06. The van der Waals surface area contributed by atoms with Gasteiger partial charge in [0.15, 0.2) is 0 Å². The fourth-order valence-corrected chi connectivity index (χ4v) is 3.86. The molecule has 1 amide bonds. The molecule has 3 rings (SSSR count). The maximum absolute atomic E-state index is 13.8. The summed E-state index contributed by atoms with van der Waals surface area (Å²) in [7, 11) is 0. The summed E-state index contributed by atoms with van der Waals surface area (Å²) < 4.78 is 27.1. The zero-order valence-electron chi connectivity index (χ0n) is 12.9. The summed E-state index contributed by atoms with van der Waals surface area (Å²) in [5.74, 6) is -1.10. The minimum atomic E-state index is -0.508. The van der Waals surface area contributed by atoms with Crippen LogP contribution in [0.4, 0.5) is 14.5 Å². The van der Waals surface area contributed by atoms with Crippen LogP contribution in [0.1, 0.15) is 19.4 Å². The van der Waals surface area contributed by atoms with E-state index in [2.05, 4.69) is 0 Å². The van der Waals surface area contributed by atoms with Gasteiger partial charge in [-0.05, 0) is 50.1 Å². The number of rotatable bonds is 3. The molecule has 0 spiro atoms. The molecule has 120 valence electrons. The van der Waals surface area contributed by atoms with Gasteiger partial charge in [0.25, 0.3) is 0 Å². The summed E-state index contributed by atoms with van der Waals surface area (Å²) in [5, 5.41) is -0.500. The van der Waals surface area contributed by atoms with Crippen LogP contribution in [0, 0.1) is 11.6 Å². The summed E-state index contributed by atoms with van der Waals surface area (Å²) in [6.45, 7) is 3.73. The molecule has 0 aromatic heterocycles. The van der Waals surface area contributed by atoms with E-state index in [0.29, 0.717) is 0 Å². The quantitative estimate of drug-likeness (QED) is 0.775. The predicted octanol–water partition coefficient (Wildman–Crippen LogP) is 4.42. The first-order valence-corrected chi connectivity index (χ1v) is 8.38. The Morgan fingerprint density at radius 3 is 2.78 bits per heavy atom. The van der Waals surface area contributed by atoms with Gasteiger partial charge in [-0.15, -0.1) is 11.8 Å². The lowest BCUT2D eigenvalue weighted by atomic mass is 10.1. The largest absolute Gasteiger partial charge is 0.308 e. The average molecular weight is 333 g/mol. The lowest BCUT2D eigenvalue weighted by Crippen LogP contribution is -2.40. The number of benzene rings is 2. The molecule has 0 bridgehead atoms. The highest BCUT2D eigenvalue weighted by Crippen LogP contribution is 2.35. The molecule has 0 unspecified atom stereocenters. The Hall–Kier alpha value is -1.88. The number of anilines is 1. The van der Waals surface area contributed by atoms with Crippen molar-refractivity contribution in [1.82, 2.24) is 0 Å². The highest BCUT2D eigenvalue weighted by molar-refractivity contribution is 8.00. The molecular formula is C18H17F2NOS.